The van der Waals surface area contributed by atoms with Crippen molar-refractivity contribution in [3.63, 3.8) is 0 Å². The van der Waals surface area contributed by atoms with Gasteiger partial charge >= 0.3 is 0 Å². The van der Waals surface area contributed by atoms with Gasteiger partial charge in [-0.2, -0.15) is 0 Å². The Labute approximate surface area is 133 Å². The van der Waals surface area contributed by atoms with E-state index in [0.717, 1.165) is 32.7 Å². The largest absolute Gasteiger partial charge is 0.375 e. The first-order valence-electron chi connectivity index (χ1n) is 8.13. The number of ether oxygens (including phenoxy) is 1. The summed E-state index contributed by atoms with van der Waals surface area (Å²) in [6.07, 6.45) is 0.439. The molecule has 1 aliphatic rings. The number of nitrogens with zero attached hydrogens (tertiary/aromatic N) is 1. The summed E-state index contributed by atoms with van der Waals surface area (Å²) in [6, 6.07) is 10.4. The Morgan fingerprint density at radius 2 is 2.14 bits per heavy atom. The van der Waals surface area contributed by atoms with E-state index in [9.17, 15) is 4.79 Å². The van der Waals surface area contributed by atoms with Crippen LogP contribution in [0, 0.1) is 0 Å². The topological polar surface area (TPSA) is 53.6 Å². The first-order chi connectivity index (χ1) is 10.8. The third-order valence-corrected chi connectivity index (χ3v) is 3.76. The van der Waals surface area contributed by atoms with Crippen molar-refractivity contribution in [3.8, 4) is 0 Å². The minimum absolute atomic E-state index is 0.00315. The monoisotopic (exact) mass is 305 g/mol. The van der Waals surface area contributed by atoms with Crippen molar-refractivity contribution in [1.29, 1.82) is 0 Å². The number of carbonyl (C=O) groups excluding carboxylic acids is 1. The van der Waals surface area contributed by atoms with Gasteiger partial charge in [0.25, 0.3) is 0 Å². The Balaban J connectivity index is 1.70. The van der Waals surface area contributed by atoms with Crippen LogP contribution in [-0.2, 0) is 16.1 Å². The van der Waals surface area contributed by atoms with E-state index < -0.39 is 0 Å². The summed E-state index contributed by atoms with van der Waals surface area (Å²) in [5.41, 5.74) is 1.30. The fourth-order valence-corrected chi connectivity index (χ4v) is 2.64. The lowest BCUT2D eigenvalue weighted by Crippen LogP contribution is -2.44. The Morgan fingerprint density at radius 1 is 1.32 bits per heavy atom. The molecule has 0 spiro atoms. The Kier molecular flexibility index (Phi) is 7.36. The molecule has 1 aromatic rings. The van der Waals surface area contributed by atoms with Crippen molar-refractivity contribution in [3.05, 3.63) is 35.9 Å². The van der Waals surface area contributed by atoms with Gasteiger partial charge in [0, 0.05) is 32.7 Å². The molecule has 2 rings (SSSR count). The number of amides is 1. The number of hydrogen-bond donors (Lipinski definition) is 2. The Bertz CT molecular complexity index is 439. The van der Waals surface area contributed by atoms with E-state index in [1.54, 1.807) is 0 Å². The number of likely N-dealkylation sites (N-methyl/N-ethyl adjacent to an activating group) is 1. The lowest BCUT2D eigenvalue weighted by molar-refractivity contribution is -0.126. The summed E-state index contributed by atoms with van der Waals surface area (Å²) in [7, 11) is 0. The van der Waals surface area contributed by atoms with Gasteiger partial charge in [-0.1, -0.05) is 37.3 Å². The van der Waals surface area contributed by atoms with E-state index in [-0.39, 0.29) is 12.0 Å². The summed E-state index contributed by atoms with van der Waals surface area (Å²) in [5, 5.41) is 6.12. The van der Waals surface area contributed by atoms with Gasteiger partial charge in [-0.15, -0.1) is 0 Å². The molecule has 22 heavy (non-hydrogen) atoms. The highest BCUT2D eigenvalue weighted by atomic mass is 16.5. The van der Waals surface area contributed by atoms with Crippen LogP contribution in [0.25, 0.3) is 0 Å². The molecule has 0 saturated carbocycles. The molecule has 1 heterocycles. The van der Waals surface area contributed by atoms with E-state index in [2.05, 4.69) is 46.7 Å². The van der Waals surface area contributed by atoms with E-state index in [0.29, 0.717) is 19.6 Å². The van der Waals surface area contributed by atoms with Crippen molar-refractivity contribution >= 4 is 5.91 Å². The summed E-state index contributed by atoms with van der Waals surface area (Å²) in [4.78, 5) is 14.3. The number of hydrogen-bond acceptors (Lipinski definition) is 4. The van der Waals surface area contributed by atoms with E-state index >= 15 is 0 Å². The molecule has 0 bridgehead atoms. The molecule has 1 unspecified atom stereocenters. The van der Waals surface area contributed by atoms with Crippen molar-refractivity contribution in [2.75, 3.05) is 39.3 Å². The predicted molar refractivity (Wildman–Crippen MR) is 87.6 cm³/mol. The zero-order chi connectivity index (χ0) is 15.6. The van der Waals surface area contributed by atoms with Gasteiger partial charge in [0.05, 0.1) is 19.1 Å². The Hall–Kier alpha value is -1.43. The molecule has 2 N–H and O–H groups in total. The molecule has 1 amide bonds. The smallest absolute Gasteiger partial charge is 0.222 e. The fraction of sp³-hybridized carbons (Fsp3) is 0.588. The average molecular weight is 305 g/mol. The van der Waals surface area contributed by atoms with Crippen LogP contribution < -0.4 is 10.6 Å². The lowest BCUT2D eigenvalue weighted by atomic mass is 10.1. The molecule has 1 fully saturated rings. The number of carbonyl (C=O) groups is 1. The first-order valence-corrected chi connectivity index (χ1v) is 8.13. The SMILES string of the molecule is CCNCCNC(=O)CC1CN(Cc2ccccc2)CCO1. The van der Waals surface area contributed by atoms with Crippen molar-refractivity contribution in [2.24, 2.45) is 0 Å². The maximum Gasteiger partial charge on any atom is 0.222 e. The first kappa shape index (κ1) is 16.9. The molecular weight excluding hydrogens is 278 g/mol. The maximum absolute atomic E-state index is 11.9. The van der Waals surface area contributed by atoms with E-state index in [1.165, 1.54) is 5.56 Å². The lowest BCUT2D eigenvalue weighted by Gasteiger charge is -2.32. The molecule has 5 nitrogen and oxygen atoms in total. The molecule has 122 valence electrons. The molecule has 1 aliphatic heterocycles. The normalized spacial score (nSPS) is 19.0. The molecule has 0 aromatic heterocycles. The van der Waals surface area contributed by atoms with Crippen LogP contribution in [0.15, 0.2) is 30.3 Å². The van der Waals surface area contributed by atoms with Crippen LogP contribution in [0.4, 0.5) is 0 Å². The van der Waals surface area contributed by atoms with Crippen molar-refractivity contribution in [1.82, 2.24) is 15.5 Å². The second-order valence-electron chi connectivity index (χ2n) is 5.62. The van der Waals surface area contributed by atoms with Crippen LogP contribution in [0.2, 0.25) is 0 Å². The second-order valence-corrected chi connectivity index (χ2v) is 5.62. The number of morpholine rings is 1. The minimum Gasteiger partial charge on any atom is -0.375 e. The molecule has 1 aromatic carbocycles. The standard InChI is InChI=1S/C17H27N3O2/c1-2-18-8-9-19-17(21)12-16-14-20(10-11-22-16)13-15-6-4-3-5-7-15/h3-7,16,18H,2,8-14H2,1H3,(H,19,21). The second kappa shape index (κ2) is 9.56. The van der Waals surface area contributed by atoms with E-state index in [4.69, 9.17) is 4.74 Å². The number of nitrogens with one attached hydrogen (secondary N) is 2. The number of benzene rings is 1. The zero-order valence-corrected chi connectivity index (χ0v) is 13.4. The molecule has 1 saturated heterocycles. The van der Waals surface area contributed by atoms with Crippen molar-refractivity contribution in [2.45, 2.75) is 26.0 Å². The quantitative estimate of drug-likeness (QED) is 0.704. The molecular formula is C17H27N3O2. The highest BCUT2D eigenvalue weighted by molar-refractivity contribution is 5.76. The summed E-state index contributed by atoms with van der Waals surface area (Å²) in [6.45, 7) is 7.82. The van der Waals surface area contributed by atoms with E-state index in [1.807, 2.05) is 6.07 Å². The zero-order valence-electron chi connectivity index (χ0n) is 13.4. The molecule has 1 atom stereocenters. The van der Waals surface area contributed by atoms with Crippen LogP contribution in [-0.4, -0.2) is 56.2 Å². The van der Waals surface area contributed by atoms with Gasteiger partial charge in [-0.3, -0.25) is 9.69 Å². The average Bonchev–Trinajstić information content (AvgIpc) is 2.53. The molecule has 0 aliphatic carbocycles. The summed E-state index contributed by atoms with van der Waals surface area (Å²) < 4.78 is 5.73. The third kappa shape index (κ3) is 6.13. The summed E-state index contributed by atoms with van der Waals surface area (Å²) in [5.74, 6) is 0.0736. The van der Waals surface area contributed by atoms with Gasteiger partial charge in [0.1, 0.15) is 0 Å². The molecule has 5 heteroatoms. The van der Waals surface area contributed by atoms with Gasteiger partial charge in [-0.05, 0) is 12.1 Å². The maximum atomic E-state index is 11.9. The van der Waals surface area contributed by atoms with Gasteiger partial charge in [0.15, 0.2) is 0 Å². The third-order valence-electron chi connectivity index (χ3n) is 3.76. The van der Waals surface area contributed by atoms with Gasteiger partial charge in [-0.25, -0.2) is 0 Å². The summed E-state index contributed by atoms with van der Waals surface area (Å²) >= 11 is 0. The highest BCUT2D eigenvalue weighted by Crippen LogP contribution is 2.12. The molecule has 0 radical (unpaired) electrons. The van der Waals surface area contributed by atoms with Gasteiger partial charge in [0.2, 0.25) is 5.91 Å². The van der Waals surface area contributed by atoms with Gasteiger partial charge < -0.3 is 15.4 Å². The van der Waals surface area contributed by atoms with Crippen LogP contribution >= 0.6 is 0 Å². The fourth-order valence-electron chi connectivity index (χ4n) is 2.64. The van der Waals surface area contributed by atoms with Crippen LogP contribution in [0.5, 0.6) is 0 Å². The minimum atomic E-state index is -0.00315. The van der Waals surface area contributed by atoms with Crippen LogP contribution in [0.3, 0.4) is 0 Å². The Morgan fingerprint density at radius 3 is 2.91 bits per heavy atom. The van der Waals surface area contributed by atoms with Crippen molar-refractivity contribution < 1.29 is 9.53 Å². The highest BCUT2D eigenvalue weighted by Gasteiger charge is 2.22. The number of rotatable bonds is 8. The van der Waals surface area contributed by atoms with Crippen LogP contribution in [0.1, 0.15) is 18.9 Å². The predicted octanol–water partition coefficient (Wildman–Crippen LogP) is 1.00.